The maximum absolute atomic E-state index is 12.9. The van der Waals surface area contributed by atoms with E-state index in [2.05, 4.69) is 10.3 Å². The summed E-state index contributed by atoms with van der Waals surface area (Å²) in [6.45, 7) is 1.85. The van der Waals surface area contributed by atoms with E-state index in [0.29, 0.717) is 22.9 Å². The molecule has 0 aliphatic heterocycles. The number of anilines is 1. The molecule has 1 aromatic heterocycles. The molecular formula is C23H21N3O6S. The number of carbonyl (C=O) groups excluding carboxylic acids is 2. The van der Waals surface area contributed by atoms with Crippen LogP contribution in [-0.2, 0) is 4.79 Å². The Labute approximate surface area is 194 Å². The van der Waals surface area contributed by atoms with Crippen LogP contribution in [-0.4, -0.2) is 34.1 Å². The second kappa shape index (κ2) is 11.1. The standard InChI is InChI=1S/C23H21N3O6S/c1-3-20(21(27)25-18-11-4-5-12-19(18)31-2)33-22-17(10-7-13-24-22)23(28)32-16-9-6-8-15(14-16)26(29)30/h4-14,20H,3H2,1-2H3,(H,25,27)/t20-/m0/s1. The number of hydrogen-bond acceptors (Lipinski definition) is 8. The van der Waals surface area contributed by atoms with Gasteiger partial charge in [0.25, 0.3) is 5.69 Å². The van der Waals surface area contributed by atoms with Crippen LogP contribution < -0.4 is 14.8 Å². The first-order chi connectivity index (χ1) is 15.9. The van der Waals surface area contributed by atoms with Gasteiger partial charge in [-0.1, -0.05) is 36.9 Å². The van der Waals surface area contributed by atoms with Gasteiger partial charge in [-0.3, -0.25) is 14.9 Å². The van der Waals surface area contributed by atoms with Crippen LogP contribution in [0.1, 0.15) is 23.7 Å². The highest BCUT2D eigenvalue weighted by Crippen LogP contribution is 2.30. The quantitative estimate of drug-likeness (QED) is 0.158. The van der Waals surface area contributed by atoms with Crippen LogP contribution in [0.15, 0.2) is 71.9 Å². The number of hydrogen-bond donors (Lipinski definition) is 1. The van der Waals surface area contributed by atoms with Crippen LogP contribution in [0, 0.1) is 10.1 Å². The third-order valence-electron chi connectivity index (χ3n) is 4.51. The summed E-state index contributed by atoms with van der Waals surface area (Å²) in [5.41, 5.74) is 0.494. The van der Waals surface area contributed by atoms with Gasteiger partial charge in [0.05, 0.1) is 34.6 Å². The van der Waals surface area contributed by atoms with Crippen molar-refractivity contribution in [3.63, 3.8) is 0 Å². The highest BCUT2D eigenvalue weighted by atomic mass is 32.2. The highest BCUT2D eigenvalue weighted by molar-refractivity contribution is 8.00. The number of para-hydroxylation sites is 2. The van der Waals surface area contributed by atoms with Gasteiger partial charge in [-0.25, -0.2) is 9.78 Å². The van der Waals surface area contributed by atoms with Gasteiger partial charge < -0.3 is 14.8 Å². The molecule has 0 spiro atoms. The second-order valence-corrected chi connectivity index (χ2v) is 7.90. The van der Waals surface area contributed by atoms with E-state index in [1.54, 1.807) is 30.3 Å². The minimum absolute atomic E-state index is 0.0370. The Hall–Kier alpha value is -3.92. The van der Waals surface area contributed by atoms with Crippen molar-refractivity contribution in [3.05, 3.63) is 82.5 Å². The summed E-state index contributed by atoms with van der Waals surface area (Å²) >= 11 is 1.13. The third kappa shape index (κ3) is 6.07. The third-order valence-corrected chi connectivity index (χ3v) is 5.89. The number of esters is 1. The average Bonchev–Trinajstić information content (AvgIpc) is 2.83. The number of non-ortho nitro benzene ring substituents is 1. The molecule has 33 heavy (non-hydrogen) atoms. The summed E-state index contributed by atoms with van der Waals surface area (Å²) < 4.78 is 10.6. The number of rotatable bonds is 9. The summed E-state index contributed by atoms with van der Waals surface area (Å²) in [6, 6.07) is 15.5. The normalized spacial score (nSPS) is 11.3. The molecule has 0 radical (unpaired) electrons. The van der Waals surface area contributed by atoms with Gasteiger partial charge in [0.2, 0.25) is 5.91 Å². The number of nitrogens with one attached hydrogen (secondary N) is 1. The topological polar surface area (TPSA) is 121 Å². The SMILES string of the molecule is CC[C@H](Sc1ncccc1C(=O)Oc1cccc([N+](=O)[O-])c1)C(=O)Nc1ccccc1OC. The van der Waals surface area contributed by atoms with Gasteiger partial charge in [-0.2, -0.15) is 0 Å². The Balaban J connectivity index is 1.77. The van der Waals surface area contributed by atoms with E-state index in [0.717, 1.165) is 17.8 Å². The number of nitro groups is 1. The number of nitro benzene ring substituents is 1. The first-order valence-corrected chi connectivity index (χ1v) is 10.8. The summed E-state index contributed by atoms with van der Waals surface area (Å²) in [5.74, 6) is -0.429. The van der Waals surface area contributed by atoms with Crippen LogP contribution in [0.3, 0.4) is 0 Å². The molecular weight excluding hydrogens is 446 g/mol. The molecule has 0 saturated carbocycles. The molecule has 1 atom stereocenters. The lowest BCUT2D eigenvalue weighted by atomic mass is 10.2. The molecule has 3 rings (SSSR count). The molecule has 0 aliphatic rings. The summed E-state index contributed by atoms with van der Waals surface area (Å²) in [6.07, 6.45) is 1.99. The van der Waals surface area contributed by atoms with Crippen molar-refractivity contribution in [1.29, 1.82) is 0 Å². The molecule has 10 heteroatoms. The number of nitrogens with zero attached hydrogens (tertiary/aromatic N) is 2. The van der Waals surface area contributed by atoms with Crippen LogP contribution in [0.25, 0.3) is 0 Å². The number of pyridine rings is 1. The van der Waals surface area contributed by atoms with Gasteiger partial charge in [0, 0.05) is 12.3 Å². The van der Waals surface area contributed by atoms with E-state index in [-0.39, 0.29) is 22.9 Å². The molecule has 170 valence electrons. The lowest BCUT2D eigenvalue weighted by Gasteiger charge is -2.17. The average molecular weight is 468 g/mol. The van der Waals surface area contributed by atoms with Crippen molar-refractivity contribution in [2.75, 3.05) is 12.4 Å². The first-order valence-electron chi connectivity index (χ1n) is 9.95. The van der Waals surface area contributed by atoms with Crippen LogP contribution in [0.2, 0.25) is 0 Å². The van der Waals surface area contributed by atoms with Gasteiger partial charge >= 0.3 is 5.97 Å². The van der Waals surface area contributed by atoms with Crippen molar-refractivity contribution < 1.29 is 24.0 Å². The summed E-state index contributed by atoms with van der Waals surface area (Å²) in [5, 5.41) is 13.6. The fraction of sp³-hybridized carbons (Fsp3) is 0.174. The Morgan fingerprint density at radius 2 is 1.94 bits per heavy atom. The van der Waals surface area contributed by atoms with Gasteiger partial charge in [-0.15, -0.1) is 0 Å². The number of thioether (sulfide) groups is 1. The van der Waals surface area contributed by atoms with E-state index in [9.17, 15) is 19.7 Å². The van der Waals surface area contributed by atoms with E-state index >= 15 is 0 Å². The summed E-state index contributed by atoms with van der Waals surface area (Å²) in [7, 11) is 1.52. The first kappa shape index (κ1) is 23.7. The van der Waals surface area contributed by atoms with Crippen LogP contribution >= 0.6 is 11.8 Å². The zero-order valence-electron chi connectivity index (χ0n) is 17.9. The zero-order valence-corrected chi connectivity index (χ0v) is 18.7. The van der Waals surface area contributed by atoms with E-state index in [1.165, 1.54) is 37.6 Å². The van der Waals surface area contributed by atoms with Gasteiger partial charge in [0.1, 0.15) is 16.5 Å². The predicted octanol–water partition coefficient (Wildman–Crippen LogP) is 4.73. The number of amides is 1. The fourth-order valence-electron chi connectivity index (χ4n) is 2.88. The van der Waals surface area contributed by atoms with Crippen molar-refractivity contribution in [2.24, 2.45) is 0 Å². The minimum atomic E-state index is -0.730. The molecule has 1 N–H and O–H groups in total. The lowest BCUT2D eigenvalue weighted by Crippen LogP contribution is -2.25. The molecule has 1 heterocycles. The van der Waals surface area contributed by atoms with Gasteiger partial charge in [-0.05, 0) is 36.8 Å². The molecule has 1 amide bonds. The van der Waals surface area contributed by atoms with Crippen LogP contribution in [0.4, 0.5) is 11.4 Å². The van der Waals surface area contributed by atoms with Crippen molar-refractivity contribution >= 4 is 35.0 Å². The molecule has 0 bridgehead atoms. The highest BCUT2D eigenvalue weighted by Gasteiger charge is 2.24. The summed E-state index contributed by atoms with van der Waals surface area (Å²) in [4.78, 5) is 40.3. The Kier molecular flexibility index (Phi) is 7.98. The van der Waals surface area contributed by atoms with Crippen LogP contribution in [0.5, 0.6) is 11.5 Å². The molecule has 0 aliphatic carbocycles. The van der Waals surface area contributed by atoms with Gasteiger partial charge in [0.15, 0.2) is 0 Å². The molecule has 2 aromatic carbocycles. The lowest BCUT2D eigenvalue weighted by molar-refractivity contribution is -0.384. The molecule has 0 saturated heterocycles. The zero-order chi connectivity index (χ0) is 23.8. The van der Waals surface area contributed by atoms with E-state index in [1.807, 2.05) is 6.92 Å². The second-order valence-electron chi connectivity index (χ2n) is 6.70. The van der Waals surface area contributed by atoms with Crippen molar-refractivity contribution in [2.45, 2.75) is 23.6 Å². The molecule has 9 nitrogen and oxygen atoms in total. The minimum Gasteiger partial charge on any atom is -0.495 e. The number of carbonyl (C=O) groups is 2. The maximum Gasteiger partial charge on any atom is 0.346 e. The number of methoxy groups -OCH3 is 1. The largest absolute Gasteiger partial charge is 0.495 e. The van der Waals surface area contributed by atoms with E-state index < -0.39 is 16.1 Å². The Bertz CT molecular complexity index is 1170. The Morgan fingerprint density at radius 3 is 2.67 bits per heavy atom. The molecule has 3 aromatic rings. The van der Waals surface area contributed by atoms with Crippen molar-refractivity contribution in [3.8, 4) is 11.5 Å². The number of benzene rings is 2. The smallest absolute Gasteiger partial charge is 0.346 e. The van der Waals surface area contributed by atoms with Crippen molar-refractivity contribution in [1.82, 2.24) is 4.98 Å². The molecule has 0 fully saturated rings. The van der Waals surface area contributed by atoms with E-state index in [4.69, 9.17) is 9.47 Å². The number of ether oxygens (including phenoxy) is 2. The Morgan fingerprint density at radius 1 is 1.15 bits per heavy atom. The predicted molar refractivity (Wildman–Crippen MR) is 124 cm³/mol. The fourth-order valence-corrected chi connectivity index (χ4v) is 3.88. The maximum atomic E-state index is 12.9. The molecule has 0 unspecified atom stereocenters. The monoisotopic (exact) mass is 467 g/mol. The number of aromatic nitrogens is 1.